The van der Waals surface area contributed by atoms with Crippen LogP contribution >= 0.6 is 15.9 Å². The fourth-order valence-electron chi connectivity index (χ4n) is 4.88. The summed E-state index contributed by atoms with van der Waals surface area (Å²) in [5, 5.41) is 3.35. The van der Waals surface area contributed by atoms with E-state index < -0.39 is 17.8 Å². The Morgan fingerprint density at radius 3 is 2.35 bits per heavy atom. The van der Waals surface area contributed by atoms with Gasteiger partial charge in [-0.1, -0.05) is 40.2 Å². The first kappa shape index (κ1) is 24.1. The molecule has 0 aromatic heterocycles. The molecule has 0 bridgehead atoms. The number of ketones is 1. The second-order valence-electron chi connectivity index (χ2n) is 8.40. The molecule has 0 saturated carbocycles. The van der Waals surface area contributed by atoms with Crippen molar-refractivity contribution < 1.29 is 23.8 Å². The number of carbonyl (C=O) groups excluding carboxylic acids is 2. The van der Waals surface area contributed by atoms with Gasteiger partial charge in [0.1, 0.15) is 5.78 Å². The second-order valence-corrected chi connectivity index (χ2v) is 9.32. The summed E-state index contributed by atoms with van der Waals surface area (Å²) in [5.74, 6) is -0.0742. The fourth-order valence-corrected chi connectivity index (χ4v) is 5.15. The average Bonchev–Trinajstić information content (AvgIpc) is 2.83. The summed E-state index contributed by atoms with van der Waals surface area (Å²) in [5.41, 5.74) is 3.89. The number of allylic oxidation sites excluding steroid dienone is 3. The van der Waals surface area contributed by atoms with Crippen LogP contribution < -0.4 is 14.8 Å². The van der Waals surface area contributed by atoms with E-state index in [9.17, 15) is 9.59 Å². The monoisotopic (exact) mass is 525 g/mol. The van der Waals surface area contributed by atoms with Gasteiger partial charge in [0.2, 0.25) is 0 Å². The first-order valence-corrected chi connectivity index (χ1v) is 12.0. The lowest BCUT2D eigenvalue weighted by atomic mass is 9.68. The maximum Gasteiger partial charge on any atom is 0.336 e. The van der Waals surface area contributed by atoms with Gasteiger partial charge in [-0.2, -0.15) is 0 Å². The lowest BCUT2D eigenvalue weighted by Gasteiger charge is -2.39. The standard InChI is InChI=1S/C27H28BrNO5/c1-5-34-27(31)24-15(2)29-20-12-18(17-8-11-22(32-3)23(14-17)33-4)13-21(30)26(20)25(24)16-6-9-19(28)10-7-16/h6-12,14,18,25-26,29H,5,13H2,1-4H3. The number of hydrogen-bond donors (Lipinski definition) is 1. The second kappa shape index (κ2) is 10.1. The summed E-state index contributed by atoms with van der Waals surface area (Å²) < 4.78 is 17.1. The molecule has 3 unspecified atom stereocenters. The van der Waals surface area contributed by atoms with Crippen LogP contribution in [0.5, 0.6) is 11.5 Å². The highest BCUT2D eigenvalue weighted by Gasteiger charge is 2.45. The quantitative estimate of drug-likeness (QED) is 0.519. The van der Waals surface area contributed by atoms with Crippen LogP contribution in [0.1, 0.15) is 43.2 Å². The van der Waals surface area contributed by atoms with E-state index in [1.54, 1.807) is 21.1 Å². The van der Waals surface area contributed by atoms with Crippen molar-refractivity contribution >= 4 is 27.7 Å². The van der Waals surface area contributed by atoms with E-state index in [4.69, 9.17) is 14.2 Å². The Bertz CT molecular complexity index is 1170. The first-order chi connectivity index (χ1) is 16.4. The lowest BCUT2D eigenvalue weighted by molar-refractivity contribution is -0.139. The number of benzene rings is 2. The number of Topliss-reactive ketones (excluding diaryl/α,β-unsaturated/α-hetero) is 1. The van der Waals surface area contributed by atoms with Crippen molar-refractivity contribution in [2.45, 2.75) is 32.1 Å². The summed E-state index contributed by atoms with van der Waals surface area (Å²) in [7, 11) is 3.19. The van der Waals surface area contributed by atoms with Crippen LogP contribution in [0, 0.1) is 5.92 Å². The van der Waals surface area contributed by atoms with E-state index in [1.807, 2.05) is 49.4 Å². The van der Waals surface area contributed by atoms with Gasteiger partial charge in [-0.3, -0.25) is 4.79 Å². The molecule has 0 radical (unpaired) electrons. The predicted molar refractivity (Wildman–Crippen MR) is 133 cm³/mol. The number of ether oxygens (including phenoxy) is 3. The number of carbonyl (C=O) groups is 2. The zero-order chi connectivity index (χ0) is 24.4. The largest absolute Gasteiger partial charge is 0.493 e. The molecule has 1 aliphatic heterocycles. The van der Waals surface area contributed by atoms with Crippen molar-refractivity contribution in [3.63, 3.8) is 0 Å². The first-order valence-electron chi connectivity index (χ1n) is 11.2. The predicted octanol–water partition coefficient (Wildman–Crippen LogP) is 5.25. The Morgan fingerprint density at radius 2 is 1.71 bits per heavy atom. The van der Waals surface area contributed by atoms with E-state index in [0.717, 1.165) is 21.3 Å². The van der Waals surface area contributed by atoms with E-state index in [2.05, 4.69) is 27.3 Å². The van der Waals surface area contributed by atoms with Crippen LogP contribution in [-0.4, -0.2) is 32.6 Å². The molecule has 0 spiro atoms. The molecule has 0 saturated heterocycles. The molecule has 3 atom stereocenters. The van der Waals surface area contributed by atoms with Gasteiger partial charge in [0.15, 0.2) is 11.5 Å². The molecule has 0 amide bonds. The van der Waals surface area contributed by atoms with Gasteiger partial charge in [-0.15, -0.1) is 0 Å². The number of fused-ring (bicyclic) bond motifs is 1. The number of methoxy groups -OCH3 is 2. The highest BCUT2D eigenvalue weighted by atomic mass is 79.9. The van der Waals surface area contributed by atoms with Gasteiger partial charge in [0.05, 0.1) is 32.3 Å². The average molecular weight is 526 g/mol. The number of halogens is 1. The van der Waals surface area contributed by atoms with Crippen molar-refractivity contribution in [3.8, 4) is 11.5 Å². The molecular formula is C27H28BrNO5. The molecule has 0 fully saturated rings. The van der Waals surface area contributed by atoms with Gasteiger partial charge >= 0.3 is 5.97 Å². The summed E-state index contributed by atoms with van der Waals surface area (Å²) in [4.78, 5) is 26.6. The molecule has 4 rings (SSSR count). The zero-order valence-corrected chi connectivity index (χ0v) is 21.3. The maximum atomic E-state index is 13.7. The van der Waals surface area contributed by atoms with Crippen molar-refractivity contribution in [1.82, 2.24) is 5.32 Å². The van der Waals surface area contributed by atoms with Crippen LogP contribution in [0.25, 0.3) is 0 Å². The fraction of sp³-hybridized carbons (Fsp3) is 0.333. The van der Waals surface area contributed by atoms with E-state index in [0.29, 0.717) is 29.2 Å². The Morgan fingerprint density at radius 1 is 1.03 bits per heavy atom. The Balaban J connectivity index is 1.80. The van der Waals surface area contributed by atoms with Gasteiger partial charge < -0.3 is 19.5 Å². The summed E-state index contributed by atoms with van der Waals surface area (Å²) in [6.07, 6.45) is 2.43. The zero-order valence-electron chi connectivity index (χ0n) is 19.7. The van der Waals surface area contributed by atoms with Gasteiger partial charge in [0, 0.05) is 34.1 Å². The normalized spacial score (nSPS) is 21.9. The molecule has 34 heavy (non-hydrogen) atoms. The molecule has 1 aliphatic carbocycles. The van der Waals surface area contributed by atoms with Crippen LogP contribution in [0.4, 0.5) is 0 Å². The summed E-state index contributed by atoms with van der Waals surface area (Å²) in [6, 6.07) is 13.5. The molecule has 6 nitrogen and oxygen atoms in total. The molecule has 2 aromatic carbocycles. The third kappa shape index (κ3) is 4.49. The minimum absolute atomic E-state index is 0.0759. The Hall–Kier alpha value is -3.06. The Kier molecular flexibility index (Phi) is 7.12. The van der Waals surface area contributed by atoms with Crippen molar-refractivity contribution in [2.75, 3.05) is 20.8 Å². The highest BCUT2D eigenvalue weighted by molar-refractivity contribution is 9.10. The third-order valence-electron chi connectivity index (χ3n) is 6.42. The summed E-state index contributed by atoms with van der Waals surface area (Å²) >= 11 is 3.47. The molecule has 7 heteroatoms. The number of nitrogens with one attached hydrogen (secondary N) is 1. The minimum Gasteiger partial charge on any atom is -0.493 e. The Labute approximate surface area is 208 Å². The maximum absolute atomic E-state index is 13.7. The van der Waals surface area contributed by atoms with Crippen LogP contribution in [-0.2, 0) is 14.3 Å². The lowest BCUT2D eigenvalue weighted by Crippen LogP contribution is -2.41. The minimum atomic E-state index is -0.485. The molecule has 1 N–H and O–H groups in total. The molecule has 178 valence electrons. The smallest absolute Gasteiger partial charge is 0.336 e. The SMILES string of the molecule is CCOC(=O)C1=C(C)NC2=CC(c3ccc(OC)c(OC)c3)CC(=O)C2C1c1ccc(Br)cc1. The van der Waals surface area contributed by atoms with Crippen LogP contribution in [0.15, 0.2) is 70.0 Å². The van der Waals surface area contributed by atoms with Gasteiger partial charge in [0.25, 0.3) is 0 Å². The van der Waals surface area contributed by atoms with Crippen LogP contribution in [0.2, 0.25) is 0 Å². The molecule has 1 heterocycles. The third-order valence-corrected chi connectivity index (χ3v) is 6.95. The summed E-state index contributed by atoms with van der Waals surface area (Å²) in [6.45, 7) is 3.91. The van der Waals surface area contributed by atoms with Crippen molar-refractivity contribution in [2.24, 2.45) is 5.92 Å². The molecule has 2 aromatic rings. The van der Waals surface area contributed by atoms with Crippen molar-refractivity contribution in [1.29, 1.82) is 0 Å². The number of rotatable bonds is 6. The van der Waals surface area contributed by atoms with Crippen LogP contribution in [0.3, 0.4) is 0 Å². The van der Waals surface area contributed by atoms with Crippen molar-refractivity contribution in [3.05, 3.63) is 81.1 Å². The van der Waals surface area contributed by atoms with E-state index in [1.165, 1.54) is 0 Å². The highest BCUT2D eigenvalue weighted by Crippen LogP contribution is 2.46. The van der Waals surface area contributed by atoms with Gasteiger partial charge in [-0.05, 0) is 49.2 Å². The molecular weight excluding hydrogens is 498 g/mol. The number of hydrogen-bond acceptors (Lipinski definition) is 6. The topological polar surface area (TPSA) is 73.9 Å². The molecule has 2 aliphatic rings. The van der Waals surface area contributed by atoms with E-state index >= 15 is 0 Å². The number of esters is 1. The van der Waals surface area contributed by atoms with Gasteiger partial charge in [-0.25, -0.2) is 4.79 Å². The van der Waals surface area contributed by atoms with E-state index in [-0.39, 0.29) is 18.3 Å².